The van der Waals surface area contributed by atoms with Crippen LogP contribution >= 0.6 is 0 Å². The molecule has 1 atom stereocenters. The van der Waals surface area contributed by atoms with Gasteiger partial charge in [-0.2, -0.15) is 0 Å². The molecule has 0 aliphatic heterocycles. The van der Waals surface area contributed by atoms with Gasteiger partial charge in [0, 0.05) is 11.8 Å². The van der Waals surface area contributed by atoms with Gasteiger partial charge in [-0.3, -0.25) is 9.10 Å². The maximum absolute atomic E-state index is 12.7. The number of rotatable bonds is 7. The first-order valence-electron chi connectivity index (χ1n) is 8.32. The number of anilines is 2. The highest BCUT2D eigenvalue weighted by molar-refractivity contribution is 7.92. The van der Waals surface area contributed by atoms with E-state index in [1.54, 1.807) is 43.3 Å². The number of amides is 1. The molecule has 7 heteroatoms. The Morgan fingerprint density at radius 1 is 1.19 bits per heavy atom. The number of carbonyl (C=O) groups excluding carboxylic acids is 1. The van der Waals surface area contributed by atoms with Gasteiger partial charge in [-0.1, -0.05) is 23.8 Å². The highest BCUT2D eigenvalue weighted by Crippen LogP contribution is 2.23. The van der Waals surface area contributed by atoms with Crippen molar-refractivity contribution in [2.75, 3.05) is 22.5 Å². The van der Waals surface area contributed by atoms with E-state index in [-0.39, 0.29) is 0 Å². The van der Waals surface area contributed by atoms with E-state index in [1.807, 2.05) is 26.0 Å². The highest BCUT2D eigenvalue weighted by Gasteiger charge is 2.29. The maximum atomic E-state index is 12.7. The quantitative estimate of drug-likeness (QED) is 0.805. The van der Waals surface area contributed by atoms with E-state index >= 15 is 0 Å². The molecular formula is C19H24N2O4S. The molecule has 1 amide bonds. The molecule has 1 N–H and O–H groups in total. The van der Waals surface area contributed by atoms with Gasteiger partial charge in [-0.05, 0) is 45.0 Å². The van der Waals surface area contributed by atoms with E-state index < -0.39 is 22.0 Å². The second kappa shape index (κ2) is 8.23. The Kier molecular flexibility index (Phi) is 6.26. The Morgan fingerprint density at radius 2 is 1.85 bits per heavy atom. The minimum absolute atomic E-state index is 0.426. The Labute approximate surface area is 154 Å². The van der Waals surface area contributed by atoms with Gasteiger partial charge in [0.1, 0.15) is 11.8 Å². The predicted octanol–water partition coefficient (Wildman–Crippen LogP) is 3.19. The van der Waals surface area contributed by atoms with Crippen LogP contribution in [0.4, 0.5) is 11.4 Å². The maximum Gasteiger partial charge on any atom is 0.247 e. The van der Waals surface area contributed by atoms with Crippen molar-refractivity contribution in [2.45, 2.75) is 26.8 Å². The largest absolute Gasteiger partial charge is 0.494 e. The summed E-state index contributed by atoms with van der Waals surface area (Å²) in [5.41, 5.74) is 2.00. The van der Waals surface area contributed by atoms with Crippen LogP contribution in [0.5, 0.6) is 5.75 Å². The average Bonchev–Trinajstić information content (AvgIpc) is 2.56. The summed E-state index contributed by atoms with van der Waals surface area (Å²) in [4.78, 5) is 12.7. The van der Waals surface area contributed by atoms with Crippen LogP contribution in [0.15, 0.2) is 48.5 Å². The van der Waals surface area contributed by atoms with E-state index in [0.29, 0.717) is 23.7 Å². The normalized spacial score (nSPS) is 12.3. The molecule has 0 aromatic heterocycles. The van der Waals surface area contributed by atoms with E-state index in [2.05, 4.69) is 5.32 Å². The molecule has 1 unspecified atom stereocenters. The zero-order valence-electron chi connectivity index (χ0n) is 15.4. The summed E-state index contributed by atoms with van der Waals surface area (Å²) in [6, 6.07) is 13.1. The van der Waals surface area contributed by atoms with Crippen LogP contribution in [0, 0.1) is 6.92 Å². The number of carbonyl (C=O) groups is 1. The molecule has 0 spiro atoms. The summed E-state index contributed by atoms with van der Waals surface area (Å²) in [7, 11) is -3.64. The van der Waals surface area contributed by atoms with E-state index in [4.69, 9.17) is 4.74 Å². The number of nitrogens with one attached hydrogen (secondary N) is 1. The van der Waals surface area contributed by atoms with Crippen LogP contribution in [0.2, 0.25) is 0 Å². The second-order valence-corrected chi connectivity index (χ2v) is 7.88. The molecule has 0 fully saturated rings. The van der Waals surface area contributed by atoms with Crippen molar-refractivity contribution in [3.63, 3.8) is 0 Å². The molecule has 0 heterocycles. The molecule has 140 valence electrons. The fraction of sp³-hybridized carbons (Fsp3) is 0.316. The van der Waals surface area contributed by atoms with Crippen molar-refractivity contribution in [1.29, 1.82) is 0 Å². The number of sulfonamides is 1. The van der Waals surface area contributed by atoms with Crippen LogP contribution in [0.3, 0.4) is 0 Å². The summed E-state index contributed by atoms with van der Waals surface area (Å²) < 4.78 is 31.1. The molecule has 0 saturated heterocycles. The minimum atomic E-state index is -3.64. The monoisotopic (exact) mass is 376 g/mol. The molecule has 0 aliphatic rings. The molecule has 2 aromatic rings. The fourth-order valence-corrected chi connectivity index (χ4v) is 3.75. The number of hydrogen-bond donors (Lipinski definition) is 1. The minimum Gasteiger partial charge on any atom is -0.494 e. The molecule has 2 rings (SSSR count). The number of ether oxygens (including phenoxy) is 1. The zero-order chi connectivity index (χ0) is 19.3. The Morgan fingerprint density at radius 3 is 2.42 bits per heavy atom. The van der Waals surface area contributed by atoms with Crippen molar-refractivity contribution in [3.05, 3.63) is 54.1 Å². The predicted molar refractivity (Wildman–Crippen MR) is 104 cm³/mol. The molecule has 26 heavy (non-hydrogen) atoms. The lowest BCUT2D eigenvalue weighted by atomic mass is 10.2. The molecule has 6 nitrogen and oxygen atoms in total. The number of benzene rings is 2. The van der Waals surface area contributed by atoms with Crippen LogP contribution in [-0.4, -0.2) is 33.2 Å². The van der Waals surface area contributed by atoms with Gasteiger partial charge in [-0.25, -0.2) is 8.42 Å². The topological polar surface area (TPSA) is 75.7 Å². The Bertz CT molecular complexity index is 863. The van der Waals surface area contributed by atoms with Gasteiger partial charge < -0.3 is 10.1 Å². The van der Waals surface area contributed by atoms with Gasteiger partial charge >= 0.3 is 0 Å². The van der Waals surface area contributed by atoms with Crippen LogP contribution < -0.4 is 14.4 Å². The number of aryl methyl sites for hydroxylation is 1. The first-order valence-corrected chi connectivity index (χ1v) is 10.2. The standard InChI is InChI=1S/C19H24N2O4S/c1-5-25-18-8-6-7-16(13-18)20-19(22)15(3)21(26(4,23)24)17-11-9-14(2)10-12-17/h6-13,15H,5H2,1-4H3,(H,20,22). The van der Waals surface area contributed by atoms with Gasteiger partial charge in [0.05, 0.1) is 18.6 Å². The number of nitrogens with zero attached hydrogens (tertiary/aromatic N) is 1. The molecule has 0 radical (unpaired) electrons. The van der Waals surface area contributed by atoms with Crippen LogP contribution in [-0.2, 0) is 14.8 Å². The smallest absolute Gasteiger partial charge is 0.247 e. The Hall–Kier alpha value is -2.54. The first kappa shape index (κ1) is 19.8. The van der Waals surface area contributed by atoms with E-state index in [1.165, 1.54) is 0 Å². The van der Waals surface area contributed by atoms with Crippen LogP contribution in [0.25, 0.3) is 0 Å². The first-order chi connectivity index (χ1) is 12.2. The van der Waals surface area contributed by atoms with Crippen molar-refractivity contribution in [1.82, 2.24) is 0 Å². The summed E-state index contributed by atoms with van der Waals surface area (Å²) in [5, 5.41) is 2.75. The third-order valence-electron chi connectivity index (χ3n) is 3.79. The highest BCUT2D eigenvalue weighted by atomic mass is 32.2. The van der Waals surface area contributed by atoms with Gasteiger partial charge in [0.15, 0.2) is 0 Å². The molecule has 2 aromatic carbocycles. The van der Waals surface area contributed by atoms with Gasteiger partial charge in [-0.15, -0.1) is 0 Å². The number of hydrogen-bond acceptors (Lipinski definition) is 4. The lowest BCUT2D eigenvalue weighted by Crippen LogP contribution is -2.45. The fourth-order valence-electron chi connectivity index (χ4n) is 2.58. The van der Waals surface area contributed by atoms with Gasteiger partial charge in [0.25, 0.3) is 0 Å². The summed E-state index contributed by atoms with van der Waals surface area (Å²) in [6.07, 6.45) is 1.09. The van der Waals surface area contributed by atoms with E-state index in [0.717, 1.165) is 16.1 Å². The molecule has 0 saturated carbocycles. The third kappa shape index (κ3) is 4.98. The molecule has 0 aliphatic carbocycles. The SMILES string of the molecule is CCOc1cccc(NC(=O)C(C)N(c2ccc(C)cc2)S(C)(=O)=O)c1. The lowest BCUT2D eigenvalue weighted by Gasteiger charge is -2.28. The van der Waals surface area contributed by atoms with Gasteiger partial charge in [0.2, 0.25) is 15.9 Å². The van der Waals surface area contributed by atoms with Crippen molar-refractivity contribution >= 4 is 27.3 Å². The third-order valence-corrected chi connectivity index (χ3v) is 5.03. The second-order valence-electron chi connectivity index (χ2n) is 6.02. The Balaban J connectivity index is 2.25. The van der Waals surface area contributed by atoms with Crippen molar-refractivity contribution in [3.8, 4) is 5.75 Å². The van der Waals surface area contributed by atoms with E-state index in [9.17, 15) is 13.2 Å². The molecular weight excluding hydrogens is 352 g/mol. The summed E-state index contributed by atoms with van der Waals surface area (Å²) in [6.45, 7) is 5.86. The van der Waals surface area contributed by atoms with Crippen molar-refractivity contribution in [2.24, 2.45) is 0 Å². The van der Waals surface area contributed by atoms with Crippen molar-refractivity contribution < 1.29 is 17.9 Å². The summed E-state index contributed by atoms with van der Waals surface area (Å²) >= 11 is 0. The summed E-state index contributed by atoms with van der Waals surface area (Å²) in [5.74, 6) is 0.209. The van der Waals surface area contributed by atoms with Crippen LogP contribution in [0.1, 0.15) is 19.4 Å². The average molecular weight is 376 g/mol. The lowest BCUT2D eigenvalue weighted by molar-refractivity contribution is -0.116. The zero-order valence-corrected chi connectivity index (χ0v) is 16.2. The molecule has 0 bridgehead atoms.